The molecule has 0 radical (unpaired) electrons. The predicted octanol–water partition coefficient (Wildman–Crippen LogP) is 3.18. The number of aliphatic hydroxyl groups is 1. The topological polar surface area (TPSA) is 93.8 Å². The number of thioether (sulfide) groups is 1. The maximum absolute atomic E-state index is 10.3. The van der Waals surface area contributed by atoms with Gasteiger partial charge in [-0.1, -0.05) is 20.8 Å². The number of allylic oxidation sites excluding steroid dienone is 1. The molecule has 0 aromatic rings. The molecule has 4 N–H and O–H groups in total. The fourth-order valence-electron chi connectivity index (χ4n) is 2.01. The summed E-state index contributed by atoms with van der Waals surface area (Å²) in [5.41, 5.74) is -0.454. The summed E-state index contributed by atoms with van der Waals surface area (Å²) in [6.07, 6.45) is 4.15. The molecule has 0 saturated carbocycles. The first-order chi connectivity index (χ1) is 11.3. The SMILES string of the molecule is CC/C=C(\O)CC(C)(NC)OCC.CCSC(C)CC(C=O)ON. The second-order valence-corrected chi connectivity index (χ2v) is 7.22. The summed E-state index contributed by atoms with van der Waals surface area (Å²) in [4.78, 5) is 14.7. The van der Waals surface area contributed by atoms with E-state index >= 15 is 0 Å². The molecule has 0 heterocycles. The van der Waals surface area contributed by atoms with E-state index in [1.807, 2.05) is 27.8 Å². The second kappa shape index (κ2) is 15.9. The van der Waals surface area contributed by atoms with Crippen LogP contribution in [-0.2, 0) is 14.4 Å². The van der Waals surface area contributed by atoms with E-state index in [1.165, 1.54) is 0 Å². The van der Waals surface area contributed by atoms with Crippen molar-refractivity contribution in [2.75, 3.05) is 19.4 Å². The van der Waals surface area contributed by atoms with E-state index in [0.717, 1.165) is 18.5 Å². The van der Waals surface area contributed by atoms with Crippen molar-refractivity contribution < 1.29 is 19.5 Å². The summed E-state index contributed by atoms with van der Waals surface area (Å²) in [7, 11) is 1.83. The van der Waals surface area contributed by atoms with Crippen LogP contribution in [0.25, 0.3) is 0 Å². The zero-order valence-corrected chi connectivity index (χ0v) is 16.8. The first-order valence-corrected chi connectivity index (χ1v) is 9.50. The Labute approximate surface area is 151 Å². The molecule has 0 rings (SSSR count). The van der Waals surface area contributed by atoms with Gasteiger partial charge in [0.25, 0.3) is 0 Å². The molecule has 0 fully saturated rings. The molecule has 0 amide bonds. The van der Waals surface area contributed by atoms with Crippen LogP contribution >= 0.6 is 11.8 Å². The lowest BCUT2D eigenvalue weighted by Crippen LogP contribution is -2.42. The molecule has 3 atom stereocenters. The Hall–Kier alpha value is -0.600. The van der Waals surface area contributed by atoms with Gasteiger partial charge in [0.15, 0.2) is 6.29 Å². The van der Waals surface area contributed by atoms with E-state index in [9.17, 15) is 9.90 Å². The highest BCUT2D eigenvalue weighted by molar-refractivity contribution is 7.99. The molecule has 3 unspecified atom stereocenters. The Morgan fingerprint density at radius 3 is 2.42 bits per heavy atom. The molecule has 6 nitrogen and oxygen atoms in total. The first-order valence-electron chi connectivity index (χ1n) is 8.45. The Morgan fingerprint density at radius 1 is 1.42 bits per heavy atom. The van der Waals surface area contributed by atoms with Crippen LogP contribution in [0.4, 0.5) is 0 Å². The summed E-state index contributed by atoms with van der Waals surface area (Å²) in [5, 5.41) is 13.0. The van der Waals surface area contributed by atoms with Gasteiger partial charge in [-0.05, 0) is 45.6 Å². The lowest BCUT2D eigenvalue weighted by atomic mass is 10.1. The second-order valence-electron chi connectivity index (χ2n) is 5.51. The summed E-state index contributed by atoms with van der Waals surface area (Å²) in [5.74, 6) is 6.32. The van der Waals surface area contributed by atoms with E-state index in [4.69, 9.17) is 10.6 Å². The summed E-state index contributed by atoms with van der Waals surface area (Å²) in [6, 6.07) is 0. The van der Waals surface area contributed by atoms with E-state index in [1.54, 1.807) is 17.8 Å². The zero-order chi connectivity index (χ0) is 19.0. The fourth-order valence-corrected chi connectivity index (χ4v) is 2.90. The third-order valence-electron chi connectivity index (χ3n) is 3.29. The van der Waals surface area contributed by atoms with Crippen LogP contribution in [0.2, 0.25) is 0 Å². The van der Waals surface area contributed by atoms with Crippen molar-refractivity contribution in [3.63, 3.8) is 0 Å². The number of carbonyl (C=O) groups excluding carboxylic acids is 1. The molecule has 0 aliphatic rings. The van der Waals surface area contributed by atoms with Gasteiger partial charge in [0.2, 0.25) is 0 Å². The van der Waals surface area contributed by atoms with Crippen LogP contribution in [0.15, 0.2) is 11.8 Å². The van der Waals surface area contributed by atoms with Gasteiger partial charge >= 0.3 is 0 Å². The minimum absolute atomic E-state index is 0.382. The van der Waals surface area contributed by atoms with Crippen molar-refractivity contribution in [3.05, 3.63) is 11.8 Å². The van der Waals surface area contributed by atoms with Gasteiger partial charge in [-0.25, -0.2) is 5.90 Å². The number of hydrogen-bond acceptors (Lipinski definition) is 7. The smallest absolute Gasteiger partial charge is 0.150 e. The van der Waals surface area contributed by atoms with Gasteiger partial charge in [-0.2, -0.15) is 11.8 Å². The third-order valence-corrected chi connectivity index (χ3v) is 4.39. The Morgan fingerprint density at radius 2 is 2.04 bits per heavy atom. The van der Waals surface area contributed by atoms with Gasteiger partial charge in [0.1, 0.15) is 11.8 Å². The molecule has 144 valence electrons. The number of aldehydes is 1. The number of hydrogen-bond donors (Lipinski definition) is 3. The number of ether oxygens (including phenoxy) is 1. The molecule has 0 aliphatic carbocycles. The first kappa shape index (κ1) is 25.6. The highest BCUT2D eigenvalue weighted by atomic mass is 32.2. The van der Waals surface area contributed by atoms with Gasteiger partial charge in [0, 0.05) is 18.3 Å². The molecule has 0 aliphatic heterocycles. The number of aliphatic hydroxyl groups excluding tert-OH is 1. The average Bonchev–Trinajstić information content (AvgIpc) is 2.53. The van der Waals surface area contributed by atoms with Crippen LogP contribution in [0, 0.1) is 0 Å². The number of nitrogens with two attached hydrogens (primary N) is 1. The average molecular weight is 365 g/mol. The van der Waals surface area contributed by atoms with Gasteiger partial charge < -0.3 is 14.6 Å². The largest absolute Gasteiger partial charge is 0.512 e. The summed E-state index contributed by atoms with van der Waals surface area (Å²) in [6.45, 7) is 10.6. The molecular formula is C17H36N2O4S. The molecule has 0 aromatic carbocycles. The number of carbonyl (C=O) groups is 1. The normalized spacial score (nSPS) is 16.5. The minimum Gasteiger partial charge on any atom is -0.512 e. The Kier molecular flexibility index (Phi) is 17.0. The van der Waals surface area contributed by atoms with Crippen molar-refractivity contribution in [1.82, 2.24) is 5.32 Å². The number of rotatable bonds is 12. The Bertz CT molecular complexity index is 343. The lowest BCUT2D eigenvalue weighted by Gasteiger charge is -2.28. The maximum atomic E-state index is 10.3. The van der Waals surface area contributed by atoms with Crippen molar-refractivity contribution in [2.24, 2.45) is 5.90 Å². The van der Waals surface area contributed by atoms with Crippen LogP contribution < -0.4 is 11.2 Å². The lowest BCUT2D eigenvalue weighted by molar-refractivity contribution is -0.118. The van der Waals surface area contributed by atoms with Crippen LogP contribution in [0.5, 0.6) is 0 Å². The van der Waals surface area contributed by atoms with Gasteiger partial charge in [-0.3, -0.25) is 10.2 Å². The molecular weight excluding hydrogens is 328 g/mol. The molecule has 7 heteroatoms. The highest BCUT2D eigenvalue weighted by Gasteiger charge is 2.23. The Balaban J connectivity index is 0. The number of nitrogens with one attached hydrogen (secondary N) is 1. The van der Waals surface area contributed by atoms with Crippen molar-refractivity contribution in [1.29, 1.82) is 0 Å². The van der Waals surface area contributed by atoms with Gasteiger partial charge in [-0.15, -0.1) is 0 Å². The fraction of sp³-hybridized carbons (Fsp3) is 0.824. The molecule has 0 aromatic heterocycles. The zero-order valence-electron chi connectivity index (χ0n) is 16.0. The quantitative estimate of drug-likeness (QED) is 0.212. The summed E-state index contributed by atoms with van der Waals surface area (Å²) < 4.78 is 5.48. The standard InChI is InChI=1S/C10H21NO2.C7H15NO2S/c1-5-7-9(12)8-10(3,11-4)13-6-2;1-3-11-6(2)4-7(5-9)10-8/h7,11-12H,5-6,8H2,1-4H3;5-7H,3-4,8H2,1-2H3/b9-7-;. The predicted molar refractivity (Wildman–Crippen MR) is 102 cm³/mol. The van der Waals surface area contributed by atoms with E-state index in [-0.39, 0.29) is 0 Å². The monoisotopic (exact) mass is 364 g/mol. The molecule has 0 bridgehead atoms. The van der Waals surface area contributed by atoms with E-state index in [0.29, 0.717) is 30.5 Å². The van der Waals surface area contributed by atoms with Crippen molar-refractivity contribution in [2.45, 2.75) is 71.0 Å². The van der Waals surface area contributed by atoms with E-state index < -0.39 is 11.8 Å². The van der Waals surface area contributed by atoms with Crippen LogP contribution in [0.3, 0.4) is 0 Å². The molecule has 0 spiro atoms. The summed E-state index contributed by atoms with van der Waals surface area (Å²) >= 11 is 1.80. The highest BCUT2D eigenvalue weighted by Crippen LogP contribution is 2.16. The third kappa shape index (κ3) is 13.8. The van der Waals surface area contributed by atoms with Crippen LogP contribution in [0.1, 0.15) is 53.9 Å². The van der Waals surface area contributed by atoms with Crippen molar-refractivity contribution >= 4 is 18.0 Å². The van der Waals surface area contributed by atoms with Crippen LogP contribution in [-0.4, -0.2) is 47.9 Å². The minimum atomic E-state index is -0.454. The maximum Gasteiger partial charge on any atom is 0.150 e. The molecule has 0 saturated heterocycles. The van der Waals surface area contributed by atoms with Crippen molar-refractivity contribution in [3.8, 4) is 0 Å². The molecule has 24 heavy (non-hydrogen) atoms. The van der Waals surface area contributed by atoms with E-state index in [2.05, 4.69) is 24.0 Å². The van der Waals surface area contributed by atoms with Gasteiger partial charge in [0.05, 0.1) is 5.76 Å².